The van der Waals surface area contributed by atoms with Crippen molar-refractivity contribution in [2.45, 2.75) is 26.7 Å². The zero-order valence-electron chi connectivity index (χ0n) is 19.1. The number of carbonyl (C=O) groups excluding carboxylic acids is 2. The Kier molecular flexibility index (Phi) is 5.19. The number of hydrogen-bond acceptors (Lipinski definition) is 7. The van der Waals surface area contributed by atoms with E-state index >= 15 is 0 Å². The Balaban J connectivity index is 1.32. The number of nitrogens with one attached hydrogen (secondary N) is 2. The van der Waals surface area contributed by atoms with E-state index < -0.39 is 0 Å². The molecular formula is C23H28ClN7O2. The zero-order valence-corrected chi connectivity index (χ0v) is 19.8. The second-order valence-electron chi connectivity index (χ2n) is 9.95. The molecule has 9 nitrogen and oxygen atoms in total. The lowest BCUT2D eigenvalue weighted by atomic mass is 9.71. The van der Waals surface area contributed by atoms with E-state index in [2.05, 4.69) is 49.2 Å². The number of nitrogens with zero attached hydrogens (tertiary/aromatic N) is 5. The molecule has 10 heteroatoms. The highest BCUT2D eigenvalue weighted by molar-refractivity contribution is 6.32. The Hall–Kier alpha value is -2.94. The third kappa shape index (κ3) is 3.88. The van der Waals surface area contributed by atoms with Crippen molar-refractivity contribution in [3.63, 3.8) is 0 Å². The molecule has 2 atom stereocenters. The Morgan fingerprint density at radius 2 is 1.76 bits per heavy atom. The maximum Gasteiger partial charge on any atom is 0.269 e. The SMILES string of the molecule is CNC(=O)c1ccc(Nc2ncc(Cl)c(N3C[C@]4(C)CN(C(=O)C5CC5)C[C@]4(C)C3)n2)cn1. The van der Waals surface area contributed by atoms with Crippen LogP contribution >= 0.6 is 11.6 Å². The van der Waals surface area contributed by atoms with Gasteiger partial charge in [-0.25, -0.2) is 9.97 Å². The standard InChI is InChI=1S/C23H28ClN7O2/c1-22-10-30(11-23(22,2)13-31(12-22)20(33)14-4-5-14)18-16(24)9-27-21(29-18)28-15-6-7-17(26-8-15)19(32)25-3/h6-9,14H,4-5,10-13H2,1-3H3,(H,25,32)(H,27,28,29)/t22-,23+. The number of likely N-dealkylation sites (tertiary alicyclic amines) is 1. The molecule has 3 fully saturated rings. The number of hydrogen-bond donors (Lipinski definition) is 2. The van der Waals surface area contributed by atoms with Crippen LogP contribution in [-0.4, -0.2) is 64.9 Å². The molecule has 2 N–H and O–H groups in total. The average molecular weight is 470 g/mol. The molecule has 33 heavy (non-hydrogen) atoms. The maximum atomic E-state index is 12.7. The van der Waals surface area contributed by atoms with Gasteiger partial charge in [0.15, 0.2) is 5.82 Å². The van der Waals surface area contributed by atoms with Crippen molar-refractivity contribution in [2.24, 2.45) is 16.7 Å². The fraction of sp³-hybridized carbons (Fsp3) is 0.522. The van der Waals surface area contributed by atoms with Gasteiger partial charge in [-0.1, -0.05) is 25.4 Å². The molecule has 1 aliphatic carbocycles. The summed E-state index contributed by atoms with van der Waals surface area (Å²) in [5.74, 6) is 1.41. The molecule has 0 aromatic carbocycles. The Morgan fingerprint density at radius 1 is 1.06 bits per heavy atom. The Labute approximate surface area is 197 Å². The van der Waals surface area contributed by atoms with Crippen molar-refractivity contribution in [1.29, 1.82) is 0 Å². The summed E-state index contributed by atoms with van der Waals surface area (Å²) >= 11 is 6.51. The van der Waals surface area contributed by atoms with Gasteiger partial charge in [-0.05, 0) is 25.0 Å². The number of aromatic nitrogens is 3. The van der Waals surface area contributed by atoms with E-state index in [1.54, 1.807) is 31.6 Å². The smallest absolute Gasteiger partial charge is 0.269 e. The topological polar surface area (TPSA) is 103 Å². The van der Waals surface area contributed by atoms with E-state index in [1.807, 2.05) is 0 Å². The maximum absolute atomic E-state index is 12.7. The molecule has 2 aromatic heterocycles. The monoisotopic (exact) mass is 469 g/mol. The lowest BCUT2D eigenvalue weighted by molar-refractivity contribution is -0.132. The van der Waals surface area contributed by atoms with Gasteiger partial charge in [-0.15, -0.1) is 0 Å². The third-order valence-corrected chi connectivity index (χ3v) is 7.63. The van der Waals surface area contributed by atoms with Gasteiger partial charge in [0.25, 0.3) is 5.91 Å². The number of halogens is 1. The van der Waals surface area contributed by atoms with E-state index in [0.29, 0.717) is 34.1 Å². The minimum atomic E-state index is -0.245. The Bertz CT molecular complexity index is 1090. The average Bonchev–Trinajstić information content (AvgIpc) is 3.56. The minimum Gasteiger partial charge on any atom is -0.354 e. The molecule has 0 bridgehead atoms. The molecule has 2 aliphatic heterocycles. The fourth-order valence-electron chi connectivity index (χ4n) is 5.05. The molecule has 3 aliphatic rings. The van der Waals surface area contributed by atoms with Gasteiger partial charge in [0.05, 0.1) is 18.1 Å². The van der Waals surface area contributed by atoms with Crippen molar-refractivity contribution >= 4 is 40.9 Å². The lowest BCUT2D eigenvalue weighted by Gasteiger charge is -2.29. The number of anilines is 3. The first-order valence-corrected chi connectivity index (χ1v) is 11.6. The first-order valence-electron chi connectivity index (χ1n) is 11.2. The Morgan fingerprint density at radius 3 is 2.33 bits per heavy atom. The van der Waals surface area contributed by atoms with Crippen LogP contribution in [0.3, 0.4) is 0 Å². The van der Waals surface area contributed by atoms with E-state index in [9.17, 15) is 9.59 Å². The molecule has 2 saturated heterocycles. The first-order chi connectivity index (χ1) is 15.7. The van der Waals surface area contributed by atoms with Crippen LogP contribution in [0.25, 0.3) is 0 Å². The van der Waals surface area contributed by atoms with Crippen molar-refractivity contribution in [1.82, 2.24) is 25.2 Å². The molecule has 2 aromatic rings. The largest absolute Gasteiger partial charge is 0.354 e. The molecular weight excluding hydrogens is 442 g/mol. The summed E-state index contributed by atoms with van der Waals surface area (Å²) in [7, 11) is 1.56. The summed E-state index contributed by atoms with van der Waals surface area (Å²) in [6, 6.07) is 3.39. The fourth-order valence-corrected chi connectivity index (χ4v) is 5.26. The van der Waals surface area contributed by atoms with Crippen LogP contribution in [0.2, 0.25) is 5.02 Å². The molecule has 2 amide bonds. The predicted molar refractivity (Wildman–Crippen MR) is 126 cm³/mol. The lowest BCUT2D eigenvalue weighted by Crippen LogP contribution is -2.36. The summed E-state index contributed by atoms with van der Waals surface area (Å²) in [5.41, 5.74) is 0.945. The zero-order chi connectivity index (χ0) is 23.4. The predicted octanol–water partition coefficient (Wildman–Crippen LogP) is 2.71. The van der Waals surface area contributed by atoms with Crippen LogP contribution in [0.15, 0.2) is 24.5 Å². The summed E-state index contributed by atoms with van der Waals surface area (Å²) in [5, 5.41) is 6.17. The summed E-state index contributed by atoms with van der Waals surface area (Å²) < 4.78 is 0. The highest BCUT2D eigenvalue weighted by Gasteiger charge is 2.59. The van der Waals surface area contributed by atoms with E-state index in [-0.39, 0.29) is 22.7 Å². The van der Waals surface area contributed by atoms with Gasteiger partial charge in [0, 0.05) is 50.0 Å². The van der Waals surface area contributed by atoms with Gasteiger partial charge in [0.1, 0.15) is 10.7 Å². The van der Waals surface area contributed by atoms with Gasteiger partial charge < -0.3 is 20.4 Å². The quantitative estimate of drug-likeness (QED) is 0.693. The van der Waals surface area contributed by atoms with Crippen LogP contribution in [-0.2, 0) is 4.79 Å². The summed E-state index contributed by atoms with van der Waals surface area (Å²) in [4.78, 5) is 41.8. The minimum absolute atomic E-state index is 0.0287. The van der Waals surface area contributed by atoms with E-state index in [4.69, 9.17) is 11.6 Å². The van der Waals surface area contributed by atoms with Crippen molar-refractivity contribution in [2.75, 3.05) is 43.4 Å². The van der Waals surface area contributed by atoms with Crippen LogP contribution < -0.4 is 15.5 Å². The first kappa shape index (κ1) is 21.9. The number of amides is 2. The van der Waals surface area contributed by atoms with Gasteiger partial charge >= 0.3 is 0 Å². The van der Waals surface area contributed by atoms with Crippen molar-refractivity contribution in [3.8, 4) is 0 Å². The second kappa shape index (κ2) is 7.83. The number of carbonyl (C=O) groups is 2. The van der Waals surface area contributed by atoms with Crippen LogP contribution in [0, 0.1) is 16.7 Å². The molecule has 4 heterocycles. The van der Waals surface area contributed by atoms with Gasteiger partial charge in [-0.3, -0.25) is 9.59 Å². The molecule has 1 saturated carbocycles. The molecule has 0 unspecified atom stereocenters. The van der Waals surface area contributed by atoms with E-state index in [1.165, 1.54) is 0 Å². The molecule has 174 valence electrons. The third-order valence-electron chi connectivity index (χ3n) is 7.36. The van der Waals surface area contributed by atoms with Gasteiger partial charge in [0.2, 0.25) is 11.9 Å². The molecule has 0 spiro atoms. The van der Waals surface area contributed by atoms with E-state index in [0.717, 1.165) is 39.0 Å². The van der Waals surface area contributed by atoms with Crippen LogP contribution in [0.1, 0.15) is 37.2 Å². The van der Waals surface area contributed by atoms with Gasteiger partial charge in [-0.2, -0.15) is 4.98 Å². The normalized spacial score (nSPS) is 26.3. The highest BCUT2D eigenvalue weighted by Crippen LogP contribution is 2.53. The summed E-state index contributed by atoms with van der Waals surface area (Å²) in [6.45, 7) is 7.62. The molecule has 5 rings (SSSR count). The molecule has 0 radical (unpaired) electrons. The second-order valence-corrected chi connectivity index (χ2v) is 10.4. The van der Waals surface area contributed by atoms with Crippen molar-refractivity contribution in [3.05, 3.63) is 35.2 Å². The van der Waals surface area contributed by atoms with Crippen molar-refractivity contribution < 1.29 is 9.59 Å². The van der Waals surface area contributed by atoms with Crippen LogP contribution in [0.5, 0.6) is 0 Å². The number of rotatable bonds is 5. The van der Waals surface area contributed by atoms with Crippen LogP contribution in [0.4, 0.5) is 17.5 Å². The number of fused-ring (bicyclic) bond motifs is 1. The summed E-state index contributed by atoms with van der Waals surface area (Å²) in [6.07, 6.45) is 5.23. The number of pyridine rings is 1. The highest BCUT2D eigenvalue weighted by atomic mass is 35.5.